The van der Waals surface area contributed by atoms with Crippen LogP contribution in [0.5, 0.6) is 0 Å². The molecule has 0 spiro atoms. The average molecular weight is 233 g/mol. The molecule has 2 heterocycles. The highest BCUT2D eigenvalue weighted by molar-refractivity contribution is 5.93. The number of hydrogen-bond donors (Lipinski definition) is 3. The van der Waals surface area contributed by atoms with E-state index < -0.39 is 0 Å². The largest absolute Gasteiger partial charge is 0.392 e. The van der Waals surface area contributed by atoms with Crippen LogP contribution in [-0.4, -0.2) is 34.5 Å². The number of aromatic nitrogens is 1. The van der Waals surface area contributed by atoms with Crippen LogP contribution in [0.4, 0.5) is 0 Å². The Bertz CT molecular complexity index is 380. The molecule has 0 aromatic carbocycles. The highest BCUT2D eigenvalue weighted by Gasteiger charge is 2.29. The molecule has 3 N–H and O–H groups in total. The lowest BCUT2D eigenvalue weighted by atomic mass is 9.88. The summed E-state index contributed by atoms with van der Waals surface area (Å²) in [5.74, 6) is 0.103. The van der Waals surface area contributed by atoms with Crippen molar-refractivity contribution in [3.63, 3.8) is 0 Å². The molecule has 92 valence electrons. The van der Waals surface area contributed by atoms with Gasteiger partial charge in [-0.05, 0) is 24.5 Å². The minimum atomic E-state index is -0.313. The van der Waals surface area contributed by atoms with E-state index in [1.165, 1.54) is 0 Å². The third-order valence-electron chi connectivity index (χ3n) is 3.35. The third-order valence-corrected chi connectivity index (χ3v) is 3.35. The Labute approximate surface area is 102 Å². The summed E-state index contributed by atoms with van der Waals surface area (Å²) in [6.07, 6.45) is 4.80. The van der Waals surface area contributed by atoms with Crippen molar-refractivity contribution in [2.75, 3.05) is 6.54 Å². The smallest absolute Gasteiger partial charge is 0.0683 e. The maximum absolute atomic E-state index is 9.50. The Kier molecular flexibility index (Phi) is 3.86. The molecule has 1 fully saturated rings. The SMILES string of the molecule is CCC(C(=N)C1C[C@H](O)CN1)c1cccnc1. The molecule has 0 aliphatic carbocycles. The van der Waals surface area contributed by atoms with E-state index in [0.29, 0.717) is 18.7 Å². The predicted octanol–water partition coefficient (Wildman–Crippen LogP) is 1.32. The van der Waals surface area contributed by atoms with Crippen molar-refractivity contribution in [1.82, 2.24) is 10.3 Å². The van der Waals surface area contributed by atoms with Crippen molar-refractivity contribution in [3.05, 3.63) is 30.1 Å². The molecule has 1 aliphatic heterocycles. The number of hydrogen-bond acceptors (Lipinski definition) is 4. The van der Waals surface area contributed by atoms with Gasteiger partial charge in [0.05, 0.1) is 6.10 Å². The van der Waals surface area contributed by atoms with Gasteiger partial charge in [0.1, 0.15) is 0 Å². The van der Waals surface area contributed by atoms with E-state index in [1.54, 1.807) is 6.20 Å². The minimum Gasteiger partial charge on any atom is -0.392 e. The Balaban J connectivity index is 2.11. The van der Waals surface area contributed by atoms with Crippen molar-refractivity contribution in [2.45, 2.75) is 37.8 Å². The van der Waals surface area contributed by atoms with Crippen molar-refractivity contribution in [1.29, 1.82) is 5.41 Å². The second-order valence-electron chi connectivity index (χ2n) is 4.55. The summed E-state index contributed by atoms with van der Waals surface area (Å²) in [4.78, 5) is 4.11. The molecular weight excluding hydrogens is 214 g/mol. The Morgan fingerprint density at radius 2 is 2.53 bits per heavy atom. The zero-order valence-electron chi connectivity index (χ0n) is 10.1. The lowest BCUT2D eigenvalue weighted by Crippen LogP contribution is -2.34. The van der Waals surface area contributed by atoms with Gasteiger partial charge in [0.15, 0.2) is 0 Å². The number of rotatable bonds is 4. The van der Waals surface area contributed by atoms with E-state index in [1.807, 2.05) is 18.3 Å². The molecule has 1 saturated heterocycles. The van der Waals surface area contributed by atoms with Crippen LogP contribution in [-0.2, 0) is 0 Å². The third kappa shape index (κ3) is 2.70. The average Bonchev–Trinajstić information content (AvgIpc) is 2.78. The fourth-order valence-corrected chi connectivity index (χ4v) is 2.41. The van der Waals surface area contributed by atoms with Crippen molar-refractivity contribution < 1.29 is 5.11 Å². The molecule has 1 aliphatic rings. The molecule has 0 bridgehead atoms. The number of nitrogens with one attached hydrogen (secondary N) is 2. The van der Waals surface area contributed by atoms with E-state index in [0.717, 1.165) is 12.0 Å². The summed E-state index contributed by atoms with van der Waals surface area (Å²) in [5.41, 5.74) is 1.75. The molecule has 2 unspecified atom stereocenters. The first kappa shape index (κ1) is 12.2. The quantitative estimate of drug-likeness (QED) is 0.687. The number of pyridine rings is 1. The van der Waals surface area contributed by atoms with Gasteiger partial charge in [-0.3, -0.25) is 4.98 Å². The summed E-state index contributed by atoms with van der Waals surface area (Å²) < 4.78 is 0. The predicted molar refractivity (Wildman–Crippen MR) is 67.4 cm³/mol. The van der Waals surface area contributed by atoms with E-state index in [9.17, 15) is 5.11 Å². The Morgan fingerprint density at radius 1 is 1.71 bits per heavy atom. The standard InChI is InChI=1S/C13H19N3O/c1-2-11(9-4-3-5-15-7-9)13(14)12-6-10(17)8-16-12/h3-5,7,10-12,14,16-17H,2,6,8H2,1H3/t10-,11?,12?/m0/s1. The number of nitrogens with zero attached hydrogens (tertiary/aromatic N) is 1. The van der Waals surface area contributed by atoms with Gasteiger partial charge in [0, 0.05) is 36.6 Å². The van der Waals surface area contributed by atoms with Crippen LogP contribution in [0, 0.1) is 5.41 Å². The van der Waals surface area contributed by atoms with Crippen LogP contribution in [0.25, 0.3) is 0 Å². The molecule has 17 heavy (non-hydrogen) atoms. The molecule has 2 rings (SSSR count). The van der Waals surface area contributed by atoms with Crippen molar-refractivity contribution in [2.24, 2.45) is 0 Å². The maximum Gasteiger partial charge on any atom is 0.0683 e. The number of β-amino-alcohol motifs (C(OH)–C–C–N with tert-alkyl or cyclic N) is 1. The van der Waals surface area contributed by atoms with Gasteiger partial charge in [0.2, 0.25) is 0 Å². The van der Waals surface area contributed by atoms with Gasteiger partial charge in [-0.25, -0.2) is 0 Å². The highest BCUT2D eigenvalue weighted by atomic mass is 16.3. The lowest BCUT2D eigenvalue weighted by Gasteiger charge is -2.21. The number of aliphatic hydroxyl groups excluding tert-OH is 1. The molecule has 4 nitrogen and oxygen atoms in total. The summed E-state index contributed by atoms with van der Waals surface area (Å²) in [7, 11) is 0. The van der Waals surface area contributed by atoms with Gasteiger partial charge in [0.25, 0.3) is 0 Å². The summed E-state index contributed by atoms with van der Waals surface area (Å²) in [5, 5.41) is 21.0. The van der Waals surface area contributed by atoms with Gasteiger partial charge < -0.3 is 15.8 Å². The normalized spacial score (nSPS) is 25.8. The van der Waals surface area contributed by atoms with E-state index in [4.69, 9.17) is 5.41 Å². The summed E-state index contributed by atoms with van der Waals surface area (Å²) >= 11 is 0. The van der Waals surface area contributed by atoms with Crippen LogP contribution in [0.2, 0.25) is 0 Å². The zero-order chi connectivity index (χ0) is 12.3. The minimum absolute atomic E-state index is 0.00940. The fourth-order valence-electron chi connectivity index (χ4n) is 2.41. The summed E-state index contributed by atoms with van der Waals surface area (Å²) in [6, 6.07) is 3.93. The molecular formula is C13H19N3O. The van der Waals surface area contributed by atoms with Gasteiger partial charge in [-0.15, -0.1) is 0 Å². The Morgan fingerprint density at radius 3 is 3.06 bits per heavy atom. The van der Waals surface area contributed by atoms with Crippen molar-refractivity contribution in [3.8, 4) is 0 Å². The monoisotopic (exact) mass is 233 g/mol. The van der Waals surface area contributed by atoms with Gasteiger partial charge >= 0.3 is 0 Å². The zero-order valence-corrected chi connectivity index (χ0v) is 10.1. The van der Waals surface area contributed by atoms with Crippen molar-refractivity contribution >= 4 is 5.71 Å². The molecule has 0 saturated carbocycles. The topological polar surface area (TPSA) is 69.0 Å². The van der Waals surface area contributed by atoms with Crippen LogP contribution >= 0.6 is 0 Å². The summed E-state index contributed by atoms with van der Waals surface area (Å²) in [6.45, 7) is 2.67. The molecule has 1 aromatic rings. The molecule has 3 atom stereocenters. The van der Waals surface area contributed by atoms with E-state index in [2.05, 4.69) is 17.2 Å². The Hall–Kier alpha value is -1.26. The van der Waals surface area contributed by atoms with Gasteiger partial charge in [-0.1, -0.05) is 13.0 Å². The molecule has 1 aromatic heterocycles. The van der Waals surface area contributed by atoms with Crippen LogP contribution in [0.15, 0.2) is 24.5 Å². The highest BCUT2D eigenvalue weighted by Crippen LogP contribution is 2.24. The van der Waals surface area contributed by atoms with Crippen LogP contribution < -0.4 is 5.32 Å². The molecule has 0 amide bonds. The second-order valence-corrected chi connectivity index (χ2v) is 4.55. The first-order chi connectivity index (χ1) is 8.22. The van der Waals surface area contributed by atoms with E-state index in [-0.39, 0.29) is 18.1 Å². The fraction of sp³-hybridized carbons (Fsp3) is 0.538. The number of aliphatic hydroxyl groups is 1. The maximum atomic E-state index is 9.50. The molecule has 0 radical (unpaired) electrons. The van der Waals surface area contributed by atoms with Crippen LogP contribution in [0.1, 0.15) is 31.2 Å². The van der Waals surface area contributed by atoms with Gasteiger partial charge in [-0.2, -0.15) is 0 Å². The first-order valence-corrected chi connectivity index (χ1v) is 6.12. The lowest BCUT2D eigenvalue weighted by molar-refractivity contribution is 0.195. The second kappa shape index (κ2) is 5.38. The van der Waals surface area contributed by atoms with Crippen LogP contribution in [0.3, 0.4) is 0 Å². The molecule has 4 heteroatoms. The van der Waals surface area contributed by atoms with E-state index >= 15 is 0 Å². The first-order valence-electron chi connectivity index (χ1n) is 6.12.